The van der Waals surface area contributed by atoms with Gasteiger partial charge in [0.2, 0.25) is 0 Å². The standard InChI is InChI=1S/C15H13ClF2O/c1-9-6-11(3-5-14(9)18)15(19)7-10-2-4-12(17)8-13(10)16/h2-6,8,15,19H,7H2,1H3. The van der Waals surface area contributed by atoms with Crippen LogP contribution in [0.1, 0.15) is 22.8 Å². The molecular formula is C15H13ClF2O. The fraction of sp³-hybridized carbons (Fsp3) is 0.200. The molecule has 0 amide bonds. The van der Waals surface area contributed by atoms with Crippen molar-refractivity contribution in [2.24, 2.45) is 0 Å². The summed E-state index contributed by atoms with van der Waals surface area (Å²) in [6.07, 6.45) is -0.549. The van der Waals surface area contributed by atoms with Crippen LogP contribution in [0.4, 0.5) is 8.78 Å². The number of rotatable bonds is 3. The van der Waals surface area contributed by atoms with Crippen molar-refractivity contribution in [3.8, 4) is 0 Å². The first-order valence-electron chi connectivity index (χ1n) is 5.85. The molecule has 2 aromatic rings. The first-order chi connectivity index (χ1) is 8.97. The van der Waals surface area contributed by atoms with Gasteiger partial charge in [-0.05, 0) is 41.8 Å². The van der Waals surface area contributed by atoms with Crippen LogP contribution in [-0.2, 0) is 6.42 Å². The van der Waals surface area contributed by atoms with Crippen LogP contribution in [0.25, 0.3) is 0 Å². The van der Waals surface area contributed by atoms with Crippen LogP contribution in [0.15, 0.2) is 36.4 Å². The highest BCUT2D eigenvalue weighted by Gasteiger charge is 2.12. The van der Waals surface area contributed by atoms with Gasteiger partial charge in [-0.3, -0.25) is 0 Å². The van der Waals surface area contributed by atoms with E-state index >= 15 is 0 Å². The van der Waals surface area contributed by atoms with Crippen LogP contribution >= 0.6 is 11.6 Å². The summed E-state index contributed by atoms with van der Waals surface area (Å²) in [6.45, 7) is 1.64. The van der Waals surface area contributed by atoms with Gasteiger partial charge in [-0.2, -0.15) is 0 Å². The van der Waals surface area contributed by atoms with Gasteiger partial charge in [0, 0.05) is 11.4 Å². The monoisotopic (exact) mass is 282 g/mol. The van der Waals surface area contributed by atoms with Gasteiger partial charge in [-0.1, -0.05) is 29.8 Å². The van der Waals surface area contributed by atoms with E-state index in [4.69, 9.17) is 11.6 Å². The van der Waals surface area contributed by atoms with Crippen molar-refractivity contribution in [1.82, 2.24) is 0 Å². The molecule has 0 saturated carbocycles. The highest BCUT2D eigenvalue weighted by molar-refractivity contribution is 6.31. The van der Waals surface area contributed by atoms with Crippen LogP contribution < -0.4 is 0 Å². The SMILES string of the molecule is Cc1cc(C(O)Cc2ccc(F)cc2Cl)ccc1F. The average molecular weight is 283 g/mol. The third-order valence-corrected chi connectivity index (χ3v) is 3.35. The van der Waals surface area contributed by atoms with E-state index in [0.29, 0.717) is 16.7 Å². The van der Waals surface area contributed by atoms with Crippen molar-refractivity contribution in [2.75, 3.05) is 0 Å². The predicted octanol–water partition coefficient (Wildman–Crippen LogP) is 4.20. The molecule has 0 fully saturated rings. The van der Waals surface area contributed by atoms with Crippen molar-refractivity contribution in [3.05, 3.63) is 69.7 Å². The molecule has 100 valence electrons. The Labute approximate surface area is 115 Å². The average Bonchev–Trinajstić information content (AvgIpc) is 2.36. The fourth-order valence-corrected chi connectivity index (χ4v) is 2.13. The summed E-state index contributed by atoms with van der Waals surface area (Å²) in [6, 6.07) is 8.49. The van der Waals surface area contributed by atoms with E-state index in [1.165, 1.54) is 30.3 Å². The lowest BCUT2D eigenvalue weighted by Gasteiger charge is -2.13. The maximum atomic E-state index is 13.2. The van der Waals surface area contributed by atoms with Crippen LogP contribution in [-0.4, -0.2) is 5.11 Å². The minimum Gasteiger partial charge on any atom is -0.388 e. The van der Waals surface area contributed by atoms with Crippen LogP contribution in [0.5, 0.6) is 0 Å². The predicted molar refractivity (Wildman–Crippen MR) is 71.2 cm³/mol. The Morgan fingerprint density at radius 1 is 1.16 bits per heavy atom. The zero-order chi connectivity index (χ0) is 14.0. The van der Waals surface area contributed by atoms with Crippen LogP contribution in [0, 0.1) is 18.6 Å². The molecule has 0 aliphatic rings. The second-order valence-corrected chi connectivity index (χ2v) is 4.87. The Morgan fingerprint density at radius 2 is 1.89 bits per heavy atom. The molecule has 1 nitrogen and oxygen atoms in total. The van der Waals surface area contributed by atoms with E-state index in [2.05, 4.69) is 0 Å². The summed E-state index contributed by atoms with van der Waals surface area (Å²) < 4.78 is 26.1. The molecule has 0 heterocycles. The summed E-state index contributed by atoms with van der Waals surface area (Å²) in [4.78, 5) is 0. The number of aryl methyl sites for hydroxylation is 1. The van der Waals surface area contributed by atoms with Gasteiger partial charge in [0.1, 0.15) is 11.6 Å². The van der Waals surface area contributed by atoms with E-state index < -0.39 is 11.9 Å². The summed E-state index contributed by atoms with van der Waals surface area (Å²) in [7, 11) is 0. The number of benzene rings is 2. The number of aliphatic hydroxyl groups excluding tert-OH is 1. The normalized spacial score (nSPS) is 12.5. The van der Waals surface area contributed by atoms with Crippen LogP contribution in [0.2, 0.25) is 5.02 Å². The fourth-order valence-electron chi connectivity index (χ4n) is 1.89. The molecule has 2 aromatic carbocycles. The Bertz CT molecular complexity index is 599. The van der Waals surface area contributed by atoms with Gasteiger partial charge in [0.15, 0.2) is 0 Å². The first kappa shape index (κ1) is 14.0. The quantitative estimate of drug-likeness (QED) is 0.894. The van der Waals surface area contributed by atoms with E-state index in [9.17, 15) is 13.9 Å². The first-order valence-corrected chi connectivity index (χ1v) is 6.23. The Hall–Kier alpha value is -1.45. The van der Waals surface area contributed by atoms with Gasteiger partial charge in [-0.25, -0.2) is 8.78 Å². The number of aliphatic hydroxyl groups is 1. The molecule has 4 heteroatoms. The summed E-state index contributed by atoms with van der Waals surface area (Å²) in [5.74, 6) is -0.725. The lowest BCUT2D eigenvalue weighted by atomic mass is 10.00. The molecule has 2 rings (SSSR count). The molecule has 1 atom stereocenters. The zero-order valence-corrected chi connectivity index (χ0v) is 11.1. The van der Waals surface area contributed by atoms with Gasteiger partial charge in [-0.15, -0.1) is 0 Å². The minimum absolute atomic E-state index is 0.254. The van der Waals surface area contributed by atoms with Crippen molar-refractivity contribution < 1.29 is 13.9 Å². The zero-order valence-electron chi connectivity index (χ0n) is 10.3. The summed E-state index contributed by atoms with van der Waals surface area (Å²) in [5, 5.41) is 10.4. The minimum atomic E-state index is -0.803. The van der Waals surface area contributed by atoms with Crippen molar-refractivity contribution in [2.45, 2.75) is 19.4 Å². The third kappa shape index (κ3) is 3.31. The van der Waals surface area contributed by atoms with Gasteiger partial charge < -0.3 is 5.11 Å². The molecule has 0 spiro atoms. The van der Waals surface area contributed by atoms with E-state index in [1.807, 2.05) is 0 Å². The Kier molecular flexibility index (Phi) is 4.17. The van der Waals surface area contributed by atoms with Gasteiger partial charge in [0.05, 0.1) is 6.10 Å². The molecule has 0 aromatic heterocycles. The molecule has 0 bridgehead atoms. The smallest absolute Gasteiger partial charge is 0.126 e. The molecule has 0 aliphatic carbocycles. The second-order valence-electron chi connectivity index (χ2n) is 4.46. The summed E-state index contributed by atoms with van der Waals surface area (Å²) in [5.41, 5.74) is 1.73. The Morgan fingerprint density at radius 3 is 2.53 bits per heavy atom. The topological polar surface area (TPSA) is 20.2 Å². The van der Waals surface area contributed by atoms with E-state index in [0.717, 1.165) is 0 Å². The van der Waals surface area contributed by atoms with Crippen LogP contribution in [0.3, 0.4) is 0 Å². The number of hydrogen-bond acceptors (Lipinski definition) is 1. The molecule has 1 unspecified atom stereocenters. The van der Waals surface area contributed by atoms with Crippen molar-refractivity contribution >= 4 is 11.6 Å². The summed E-state index contributed by atoms with van der Waals surface area (Å²) >= 11 is 5.91. The van der Waals surface area contributed by atoms with Crippen molar-refractivity contribution in [3.63, 3.8) is 0 Å². The highest BCUT2D eigenvalue weighted by atomic mass is 35.5. The lowest BCUT2D eigenvalue weighted by molar-refractivity contribution is 0.178. The molecule has 0 radical (unpaired) electrons. The molecule has 19 heavy (non-hydrogen) atoms. The van der Waals surface area contributed by atoms with E-state index in [1.54, 1.807) is 13.0 Å². The number of hydrogen-bond donors (Lipinski definition) is 1. The van der Waals surface area contributed by atoms with Crippen molar-refractivity contribution in [1.29, 1.82) is 0 Å². The lowest BCUT2D eigenvalue weighted by Crippen LogP contribution is -2.03. The van der Waals surface area contributed by atoms with Gasteiger partial charge >= 0.3 is 0 Å². The van der Waals surface area contributed by atoms with Gasteiger partial charge in [0.25, 0.3) is 0 Å². The molecule has 0 aliphatic heterocycles. The Balaban J connectivity index is 2.20. The largest absolute Gasteiger partial charge is 0.388 e. The molecule has 0 saturated heterocycles. The highest BCUT2D eigenvalue weighted by Crippen LogP contribution is 2.25. The maximum absolute atomic E-state index is 13.2. The third-order valence-electron chi connectivity index (χ3n) is 3.00. The van der Waals surface area contributed by atoms with E-state index in [-0.39, 0.29) is 17.3 Å². The molecular weight excluding hydrogens is 270 g/mol. The number of halogens is 3. The second kappa shape index (κ2) is 5.68. The molecule has 1 N–H and O–H groups in total. The maximum Gasteiger partial charge on any atom is 0.126 e.